The maximum atomic E-state index is 13.1. The molecular formula is C19H16FN3O2. The molecule has 0 spiro atoms. The van der Waals surface area contributed by atoms with E-state index in [-0.39, 0.29) is 23.0 Å². The van der Waals surface area contributed by atoms with Crippen LogP contribution in [0.5, 0.6) is 5.75 Å². The van der Waals surface area contributed by atoms with Crippen molar-refractivity contribution in [1.29, 1.82) is 0 Å². The third-order valence-corrected chi connectivity index (χ3v) is 4.53. The summed E-state index contributed by atoms with van der Waals surface area (Å²) < 4.78 is 13.1. The molecule has 0 atom stereocenters. The monoisotopic (exact) mass is 337 g/mol. The lowest BCUT2D eigenvalue weighted by molar-refractivity contribution is 0.0765. The van der Waals surface area contributed by atoms with Gasteiger partial charge in [-0.1, -0.05) is 12.1 Å². The second kappa shape index (κ2) is 5.73. The predicted octanol–water partition coefficient (Wildman–Crippen LogP) is 3.28. The van der Waals surface area contributed by atoms with Crippen LogP contribution in [0.4, 0.5) is 10.1 Å². The molecule has 4 rings (SSSR count). The minimum Gasteiger partial charge on any atom is -0.505 e. The number of benzene rings is 2. The number of hydrogen-bond donors (Lipinski definition) is 2. The summed E-state index contributed by atoms with van der Waals surface area (Å²) in [7, 11) is 1.78. The summed E-state index contributed by atoms with van der Waals surface area (Å²) in [5.74, 6) is -0.649. The Bertz CT molecular complexity index is 986. The van der Waals surface area contributed by atoms with E-state index in [1.54, 1.807) is 36.3 Å². The van der Waals surface area contributed by atoms with Gasteiger partial charge in [0.1, 0.15) is 11.3 Å². The number of carbonyl (C=O) groups excluding carboxylic acids is 1. The molecule has 0 bridgehead atoms. The van der Waals surface area contributed by atoms with Gasteiger partial charge in [-0.15, -0.1) is 0 Å². The molecule has 2 N–H and O–H groups in total. The minimum atomic E-state index is -0.313. The summed E-state index contributed by atoms with van der Waals surface area (Å²) in [4.78, 5) is 18.7. The average molecular weight is 337 g/mol. The number of aromatic hydroxyl groups is 1. The van der Waals surface area contributed by atoms with Crippen molar-refractivity contribution in [3.63, 3.8) is 0 Å². The van der Waals surface area contributed by atoms with Gasteiger partial charge >= 0.3 is 0 Å². The standard InChI is InChI=1S/C19H16FN3O2/c1-21-16-13-3-2-8-22-17(13)18(24)15-14(16)10-23(19(15)25)9-11-4-6-12(20)7-5-11/h2-8,21,24H,9-10H2,1H3. The van der Waals surface area contributed by atoms with Crippen molar-refractivity contribution >= 4 is 22.5 Å². The fraction of sp³-hybridized carbons (Fsp3) is 0.158. The Balaban J connectivity index is 1.79. The number of aromatic nitrogens is 1. The second-order valence-electron chi connectivity index (χ2n) is 6.01. The normalized spacial score (nSPS) is 13.4. The van der Waals surface area contributed by atoms with Gasteiger partial charge in [0.05, 0.1) is 5.56 Å². The number of amides is 1. The van der Waals surface area contributed by atoms with Crippen LogP contribution in [0.2, 0.25) is 0 Å². The molecule has 126 valence electrons. The van der Waals surface area contributed by atoms with E-state index < -0.39 is 0 Å². The van der Waals surface area contributed by atoms with E-state index in [9.17, 15) is 14.3 Å². The number of halogens is 1. The molecule has 0 unspecified atom stereocenters. The van der Waals surface area contributed by atoms with Crippen LogP contribution in [0.25, 0.3) is 10.9 Å². The van der Waals surface area contributed by atoms with Crippen LogP contribution in [-0.2, 0) is 13.1 Å². The number of pyridine rings is 1. The highest BCUT2D eigenvalue weighted by molar-refractivity contribution is 6.11. The summed E-state index contributed by atoms with van der Waals surface area (Å²) in [5.41, 5.74) is 3.08. The third kappa shape index (κ3) is 2.38. The van der Waals surface area contributed by atoms with E-state index in [1.807, 2.05) is 6.07 Å². The topological polar surface area (TPSA) is 65.5 Å². The molecule has 0 fully saturated rings. The van der Waals surface area contributed by atoms with Gasteiger partial charge < -0.3 is 15.3 Å². The van der Waals surface area contributed by atoms with Gasteiger partial charge in [-0.2, -0.15) is 0 Å². The SMILES string of the molecule is CNc1c2c(c(O)c3ncccc13)C(=O)N(Cc1ccc(F)cc1)C2. The lowest BCUT2D eigenvalue weighted by Crippen LogP contribution is -2.23. The van der Waals surface area contributed by atoms with Crippen molar-refractivity contribution in [2.45, 2.75) is 13.1 Å². The number of phenols is 1. The summed E-state index contributed by atoms with van der Waals surface area (Å²) in [6.45, 7) is 0.722. The average Bonchev–Trinajstić information content (AvgIpc) is 2.94. The summed E-state index contributed by atoms with van der Waals surface area (Å²) in [6, 6.07) is 9.71. The zero-order valence-electron chi connectivity index (χ0n) is 13.6. The van der Waals surface area contributed by atoms with Crippen molar-refractivity contribution < 1.29 is 14.3 Å². The second-order valence-corrected chi connectivity index (χ2v) is 6.01. The van der Waals surface area contributed by atoms with E-state index in [4.69, 9.17) is 0 Å². The van der Waals surface area contributed by atoms with E-state index in [0.717, 1.165) is 22.2 Å². The molecule has 0 radical (unpaired) electrons. The Labute approximate surface area is 143 Å². The van der Waals surface area contributed by atoms with E-state index in [1.165, 1.54) is 12.1 Å². The highest BCUT2D eigenvalue weighted by atomic mass is 19.1. The summed E-state index contributed by atoms with van der Waals surface area (Å²) in [6.07, 6.45) is 1.59. The predicted molar refractivity (Wildman–Crippen MR) is 92.9 cm³/mol. The molecule has 1 aliphatic heterocycles. The van der Waals surface area contributed by atoms with Crippen LogP contribution >= 0.6 is 0 Å². The van der Waals surface area contributed by atoms with Crippen molar-refractivity contribution in [3.8, 4) is 5.75 Å². The molecule has 0 saturated carbocycles. The van der Waals surface area contributed by atoms with Gasteiger partial charge in [0.15, 0.2) is 5.75 Å². The number of phenolic OH excluding ortho intramolecular Hbond substituents is 1. The number of rotatable bonds is 3. The Morgan fingerprint density at radius 2 is 2.04 bits per heavy atom. The summed E-state index contributed by atoms with van der Waals surface area (Å²) in [5, 5.41) is 14.5. The number of anilines is 1. The number of hydrogen-bond acceptors (Lipinski definition) is 4. The minimum absolute atomic E-state index is 0.0868. The fourth-order valence-corrected chi connectivity index (χ4v) is 3.38. The Hall–Kier alpha value is -3.15. The number of carbonyl (C=O) groups is 1. The van der Waals surface area contributed by atoms with Crippen LogP contribution in [-0.4, -0.2) is 27.9 Å². The van der Waals surface area contributed by atoms with Gasteiger partial charge in [0.2, 0.25) is 0 Å². The molecule has 5 nitrogen and oxygen atoms in total. The van der Waals surface area contributed by atoms with Crippen LogP contribution in [0.15, 0.2) is 42.6 Å². The highest BCUT2D eigenvalue weighted by Crippen LogP contribution is 2.42. The quantitative estimate of drug-likeness (QED) is 0.720. The maximum Gasteiger partial charge on any atom is 0.258 e. The first-order chi connectivity index (χ1) is 12.1. The van der Waals surface area contributed by atoms with Gasteiger partial charge in [-0.05, 0) is 29.8 Å². The van der Waals surface area contributed by atoms with Gasteiger partial charge in [0, 0.05) is 43.0 Å². The van der Waals surface area contributed by atoms with Gasteiger partial charge in [-0.25, -0.2) is 4.39 Å². The van der Waals surface area contributed by atoms with Gasteiger partial charge in [0.25, 0.3) is 5.91 Å². The number of nitrogens with one attached hydrogen (secondary N) is 1. The molecule has 6 heteroatoms. The van der Waals surface area contributed by atoms with Crippen molar-refractivity contribution in [2.75, 3.05) is 12.4 Å². The lowest BCUT2D eigenvalue weighted by atomic mass is 10.0. The van der Waals surface area contributed by atoms with Crippen LogP contribution < -0.4 is 5.32 Å². The molecular weight excluding hydrogens is 321 g/mol. The molecule has 1 amide bonds. The molecule has 0 aliphatic carbocycles. The van der Waals surface area contributed by atoms with E-state index in [2.05, 4.69) is 10.3 Å². The fourth-order valence-electron chi connectivity index (χ4n) is 3.38. The number of fused-ring (bicyclic) bond motifs is 2. The molecule has 1 aliphatic rings. The third-order valence-electron chi connectivity index (χ3n) is 4.53. The first-order valence-corrected chi connectivity index (χ1v) is 7.94. The zero-order chi connectivity index (χ0) is 17.6. The number of nitrogens with zero attached hydrogens (tertiary/aromatic N) is 2. The molecule has 25 heavy (non-hydrogen) atoms. The molecule has 2 heterocycles. The molecule has 2 aromatic carbocycles. The molecule has 1 aromatic heterocycles. The largest absolute Gasteiger partial charge is 0.505 e. The first-order valence-electron chi connectivity index (χ1n) is 7.94. The molecule has 0 saturated heterocycles. The Morgan fingerprint density at radius 3 is 2.76 bits per heavy atom. The van der Waals surface area contributed by atoms with E-state index >= 15 is 0 Å². The van der Waals surface area contributed by atoms with Crippen molar-refractivity contribution in [2.24, 2.45) is 0 Å². The summed E-state index contributed by atoms with van der Waals surface area (Å²) >= 11 is 0. The van der Waals surface area contributed by atoms with Crippen LogP contribution in [0, 0.1) is 5.82 Å². The maximum absolute atomic E-state index is 13.1. The van der Waals surface area contributed by atoms with Crippen LogP contribution in [0.3, 0.4) is 0 Å². The highest BCUT2D eigenvalue weighted by Gasteiger charge is 2.34. The van der Waals surface area contributed by atoms with Crippen molar-refractivity contribution in [1.82, 2.24) is 9.88 Å². The van der Waals surface area contributed by atoms with Crippen molar-refractivity contribution in [3.05, 3.63) is 65.1 Å². The van der Waals surface area contributed by atoms with Crippen LogP contribution in [0.1, 0.15) is 21.5 Å². The lowest BCUT2D eigenvalue weighted by Gasteiger charge is -2.15. The Kier molecular flexibility index (Phi) is 3.53. The first kappa shape index (κ1) is 15.4. The van der Waals surface area contributed by atoms with E-state index in [0.29, 0.717) is 18.6 Å². The van der Waals surface area contributed by atoms with Gasteiger partial charge in [-0.3, -0.25) is 9.78 Å². The molecule has 3 aromatic rings. The smallest absolute Gasteiger partial charge is 0.258 e. The zero-order valence-corrected chi connectivity index (χ0v) is 13.6. The Morgan fingerprint density at radius 1 is 1.28 bits per heavy atom.